The molecule has 1 amide bonds. The summed E-state index contributed by atoms with van der Waals surface area (Å²) in [6, 6.07) is 1.53. The van der Waals surface area contributed by atoms with E-state index < -0.39 is 61.0 Å². The number of benzene rings is 1. The van der Waals surface area contributed by atoms with Crippen molar-refractivity contribution in [3.05, 3.63) is 29.8 Å². The fourth-order valence-corrected chi connectivity index (χ4v) is 3.60. The molecule has 1 heterocycles. The summed E-state index contributed by atoms with van der Waals surface area (Å²) in [7, 11) is 0. The summed E-state index contributed by atoms with van der Waals surface area (Å²) >= 11 is 0. The second-order valence-electron chi connectivity index (χ2n) is 8.21. The van der Waals surface area contributed by atoms with E-state index in [1.165, 1.54) is 12.1 Å². The quantitative estimate of drug-likeness (QED) is 0.133. The maximum Gasteiger partial charge on any atom is 0.330 e. The van der Waals surface area contributed by atoms with Crippen molar-refractivity contribution < 1.29 is 45.1 Å². The fourth-order valence-electron chi connectivity index (χ4n) is 3.60. The van der Waals surface area contributed by atoms with Crippen LogP contribution in [0.4, 0.5) is 0 Å². The third-order valence-corrected chi connectivity index (χ3v) is 5.73. The number of hydrogen-bond acceptors (Lipinski definition) is 11. The van der Waals surface area contributed by atoms with E-state index in [1.807, 2.05) is 6.92 Å². The van der Waals surface area contributed by atoms with Crippen molar-refractivity contribution in [1.29, 1.82) is 0 Å². The number of β-amino-alcohol motifs (C(OH)–C–C–N with tert-alkyl or cyclic N) is 1. The van der Waals surface area contributed by atoms with Gasteiger partial charge in [0.05, 0.1) is 31.8 Å². The molecule has 1 aliphatic heterocycles. The maximum absolute atomic E-state index is 12.8. The summed E-state index contributed by atoms with van der Waals surface area (Å²) in [5.41, 5.74) is 4.15. The highest BCUT2D eigenvalue weighted by Gasteiger charge is 2.56. The van der Waals surface area contributed by atoms with Crippen LogP contribution in [0.3, 0.4) is 0 Å². The topological polar surface area (TPSA) is 206 Å². The number of amides is 1. The van der Waals surface area contributed by atoms with Gasteiger partial charge in [-0.1, -0.05) is 25.5 Å². The summed E-state index contributed by atoms with van der Waals surface area (Å²) < 4.78 is 5.16. The van der Waals surface area contributed by atoms with Crippen molar-refractivity contribution in [2.75, 3.05) is 19.8 Å². The molecule has 12 heteroatoms. The Morgan fingerprint density at radius 2 is 1.94 bits per heavy atom. The number of esters is 1. The maximum atomic E-state index is 12.8. The molecule has 1 saturated heterocycles. The summed E-state index contributed by atoms with van der Waals surface area (Å²) in [6.07, 6.45) is -2.46. The van der Waals surface area contributed by atoms with Gasteiger partial charge in [0.1, 0.15) is 29.6 Å². The van der Waals surface area contributed by atoms with Gasteiger partial charge in [0.2, 0.25) is 5.91 Å². The first-order valence-electron chi connectivity index (χ1n) is 10.7. The van der Waals surface area contributed by atoms with Crippen LogP contribution in [0.1, 0.15) is 25.3 Å². The predicted octanol–water partition coefficient (Wildman–Crippen LogP) is -2.39. The van der Waals surface area contributed by atoms with Gasteiger partial charge in [0.15, 0.2) is 0 Å². The normalized spacial score (nSPS) is 27.5. The first-order valence-corrected chi connectivity index (χ1v) is 10.7. The molecule has 6 atom stereocenters. The van der Waals surface area contributed by atoms with E-state index >= 15 is 0 Å². The van der Waals surface area contributed by atoms with Crippen molar-refractivity contribution in [2.45, 2.75) is 62.1 Å². The second kappa shape index (κ2) is 11.7. The molecule has 9 N–H and O–H groups in total. The SMILES string of the molecule is CCCCOC(=O)C(NC(=O)C(N)Cc1ccc(O)cc1)C1C(O)C(O)(CO)C(O)CN1O. The van der Waals surface area contributed by atoms with Gasteiger partial charge < -0.3 is 46.5 Å². The van der Waals surface area contributed by atoms with Crippen LogP contribution in [0.15, 0.2) is 24.3 Å². The smallest absolute Gasteiger partial charge is 0.330 e. The van der Waals surface area contributed by atoms with Gasteiger partial charge in [0, 0.05) is 0 Å². The molecule has 1 fully saturated rings. The number of hydrogen-bond donors (Lipinski definition) is 8. The van der Waals surface area contributed by atoms with Crippen molar-refractivity contribution in [3.63, 3.8) is 0 Å². The zero-order valence-electron chi connectivity index (χ0n) is 18.4. The lowest BCUT2D eigenvalue weighted by Gasteiger charge is -2.48. The molecule has 186 valence electrons. The number of nitrogens with one attached hydrogen (secondary N) is 1. The number of carbonyl (C=O) groups is 2. The van der Waals surface area contributed by atoms with E-state index in [4.69, 9.17) is 10.5 Å². The highest BCUT2D eigenvalue weighted by atomic mass is 16.5. The zero-order valence-corrected chi connectivity index (χ0v) is 18.4. The van der Waals surface area contributed by atoms with Crippen LogP contribution in [0.2, 0.25) is 0 Å². The van der Waals surface area contributed by atoms with Crippen LogP contribution >= 0.6 is 0 Å². The first-order chi connectivity index (χ1) is 15.5. The third kappa shape index (κ3) is 6.38. The number of nitrogens with two attached hydrogens (primary N) is 1. The van der Waals surface area contributed by atoms with Crippen molar-refractivity contribution in [2.24, 2.45) is 5.73 Å². The van der Waals surface area contributed by atoms with Crippen LogP contribution in [0.25, 0.3) is 0 Å². The first kappa shape index (κ1) is 26.9. The van der Waals surface area contributed by atoms with Crippen molar-refractivity contribution in [3.8, 4) is 5.75 Å². The number of ether oxygens (including phenoxy) is 1. The van der Waals surface area contributed by atoms with E-state index in [9.17, 15) is 40.3 Å². The van der Waals surface area contributed by atoms with Gasteiger partial charge in [-0.3, -0.25) is 4.79 Å². The Morgan fingerprint density at radius 3 is 2.52 bits per heavy atom. The highest BCUT2D eigenvalue weighted by molar-refractivity contribution is 5.88. The number of aliphatic hydroxyl groups excluding tert-OH is 3. The lowest BCUT2D eigenvalue weighted by atomic mass is 9.80. The molecule has 0 radical (unpaired) electrons. The minimum atomic E-state index is -2.45. The largest absolute Gasteiger partial charge is 0.508 e. The van der Waals surface area contributed by atoms with Crippen LogP contribution in [-0.2, 0) is 20.7 Å². The molecular formula is C21H33N3O9. The van der Waals surface area contributed by atoms with Crippen molar-refractivity contribution in [1.82, 2.24) is 10.4 Å². The van der Waals surface area contributed by atoms with Gasteiger partial charge >= 0.3 is 5.97 Å². The molecule has 33 heavy (non-hydrogen) atoms. The van der Waals surface area contributed by atoms with Gasteiger partial charge in [-0.15, -0.1) is 0 Å². The van der Waals surface area contributed by atoms with E-state index in [-0.39, 0.29) is 18.8 Å². The number of phenols is 1. The van der Waals surface area contributed by atoms with Crippen molar-refractivity contribution >= 4 is 11.9 Å². The zero-order chi connectivity index (χ0) is 24.8. The Balaban J connectivity index is 2.24. The molecule has 0 aliphatic carbocycles. The minimum Gasteiger partial charge on any atom is -0.508 e. The number of phenolic OH excluding ortho intramolecular Hbond substituents is 1. The molecule has 1 aromatic rings. The molecule has 0 bridgehead atoms. The van der Waals surface area contributed by atoms with Gasteiger partial charge in [-0.05, 0) is 30.5 Å². The predicted molar refractivity (Wildman–Crippen MR) is 114 cm³/mol. The number of carbonyl (C=O) groups excluding carboxylic acids is 2. The highest BCUT2D eigenvalue weighted by Crippen LogP contribution is 2.29. The van der Waals surface area contributed by atoms with Gasteiger partial charge in [-0.2, -0.15) is 5.06 Å². The summed E-state index contributed by atoms with van der Waals surface area (Å²) in [4.78, 5) is 25.6. The number of aromatic hydroxyl groups is 1. The molecule has 1 aromatic carbocycles. The molecule has 0 spiro atoms. The van der Waals surface area contributed by atoms with Gasteiger partial charge in [0.25, 0.3) is 0 Å². The Bertz CT molecular complexity index is 794. The molecule has 0 aromatic heterocycles. The van der Waals surface area contributed by atoms with E-state index in [0.717, 1.165) is 6.42 Å². The monoisotopic (exact) mass is 471 g/mol. The Hall–Kier alpha value is -2.32. The second-order valence-corrected chi connectivity index (χ2v) is 8.21. The molecule has 2 rings (SSSR count). The number of aliphatic hydroxyl groups is 4. The summed E-state index contributed by atoms with van der Waals surface area (Å²) in [5.74, 6) is -1.76. The van der Waals surface area contributed by atoms with E-state index in [1.54, 1.807) is 12.1 Å². The fraction of sp³-hybridized carbons (Fsp3) is 0.619. The number of hydroxylamine groups is 2. The average Bonchev–Trinajstić information content (AvgIpc) is 2.78. The lowest BCUT2D eigenvalue weighted by Crippen LogP contribution is -2.74. The number of nitrogens with zero attached hydrogens (tertiary/aromatic N) is 1. The molecule has 0 saturated carbocycles. The summed E-state index contributed by atoms with van der Waals surface area (Å²) in [6.45, 7) is 0.208. The van der Waals surface area contributed by atoms with Crippen LogP contribution in [0, 0.1) is 0 Å². The van der Waals surface area contributed by atoms with Gasteiger partial charge in [-0.25, -0.2) is 4.79 Å². The number of rotatable bonds is 10. The van der Waals surface area contributed by atoms with Crippen LogP contribution < -0.4 is 11.1 Å². The van der Waals surface area contributed by atoms with Crippen LogP contribution in [-0.4, -0.2) is 103 Å². The molecule has 6 unspecified atom stereocenters. The molecule has 12 nitrogen and oxygen atoms in total. The number of unbranched alkanes of at least 4 members (excludes halogenated alkanes) is 1. The molecular weight excluding hydrogens is 438 g/mol. The minimum absolute atomic E-state index is 0.0163. The average molecular weight is 472 g/mol. The Morgan fingerprint density at radius 1 is 1.30 bits per heavy atom. The molecule has 1 aliphatic rings. The standard InChI is InChI=1S/C21H33N3O9/c1-2-3-8-33-20(30)16(17-18(28)21(31,11-25)15(27)10-24(17)32)23-19(29)14(22)9-12-4-6-13(26)7-5-12/h4-7,14-18,25-28,31-32H,2-3,8-11,22H2,1H3,(H,23,29). The Labute approximate surface area is 191 Å². The Kier molecular flexibility index (Phi) is 9.55. The summed E-state index contributed by atoms with van der Waals surface area (Å²) in [5, 5.41) is 63.2. The number of piperidine rings is 1. The van der Waals surface area contributed by atoms with E-state index in [2.05, 4.69) is 5.32 Å². The lowest BCUT2D eigenvalue weighted by molar-refractivity contribution is -0.281. The third-order valence-electron chi connectivity index (χ3n) is 5.73. The van der Waals surface area contributed by atoms with Crippen LogP contribution in [0.5, 0.6) is 5.75 Å². The van der Waals surface area contributed by atoms with E-state index in [0.29, 0.717) is 17.0 Å².